The smallest absolute Gasteiger partial charge is 0.106 e. The van der Waals surface area contributed by atoms with Crippen LogP contribution < -0.4 is 5.32 Å². The molecule has 2 unspecified atom stereocenters. The number of hydrogen-bond donors (Lipinski definition) is 1. The lowest BCUT2D eigenvalue weighted by molar-refractivity contribution is -0.0628. The highest BCUT2D eigenvalue weighted by Crippen LogP contribution is 2.29. The number of rotatable bonds is 6. The topological polar surface area (TPSA) is 33.7 Å². The summed E-state index contributed by atoms with van der Waals surface area (Å²) in [7, 11) is 1.84. The van der Waals surface area contributed by atoms with Crippen LogP contribution in [0.15, 0.2) is 0 Å². The Kier molecular flexibility index (Phi) is 5.46. The third-order valence-corrected chi connectivity index (χ3v) is 5.55. The van der Waals surface area contributed by atoms with E-state index in [0.717, 1.165) is 39.3 Å². The maximum absolute atomic E-state index is 5.84. The van der Waals surface area contributed by atoms with Gasteiger partial charge in [-0.05, 0) is 19.3 Å². The molecule has 2 atom stereocenters. The summed E-state index contributed by atoms with van der Waals surface area (Å²) in [6, 6.07) is 0.619. The highest BCUT2D eigenvalue weighted by atomic mass is 16.5. The summed E-state index contributed by atoms with van der Waals surface area (Å²) in [4.78, 5) is 2.65. The molecule has 20 heavy (non-hydrogen) atoms. The third kappa shape index (κ3) is 3.19. The normalized spacial score (nSPS) is 34.5. The number of ether oxygens (including phenoxy) is 2. The van der Waals surface area contributed by atoms with Gasteiger partial charge in [-0.15, -0.1) is 0 Å². The van der Waals surface area contributed by atoms with Gasteiger partial charge in [0.05, 0.1) is 6.61 Å². The molecule has 0 spiro atoms. The highest BCUT2D eigenvalue weighted by Gasteiger charge is 2.42. The maximum atomic E-state index is 5.84. The number of piperazine rings is 1. The van der Waals surface area contributed by atoms with Crippen LogP contribution in [0.1, 0.15) is 46.5 Å². The quantitative estimate of drug-likeness (QED) is 0.809. The van der Waals surface area contributed by atoms with Crippen molar-refractivity contribution in [2.24, 2.45) is 0 Å². The molecule has 0 bridgehead atoms. The van der Waals surface area contributed by atoms with Gasteiger partial charge in [-0.25, -0.2) is 0 Å². The molecule has 0 saturated carbocycles. The summed E-state index contributed by atoms with van der Waals surface area (Å²) in [6.45, 7) is 11.7. The molecular weight excluding hydrogens is 252 g/mol. The van der Waals surface area contributed by atoms with Gasteiger partial charge in [0.1, 0.15) is 5.60 Å². The number of nitrogens with zero attached hydrogens (tertiary/aromatic N) is 1. The zero-order valence-corrected chi connectivity index (χ0v) is 13.7. The Morgan fingerprint density at radius 2 is 2.05 bits per heavy atom. The molecule has 0 radical (unpaired) electrons. The van der Waals surface area contributed by atoms with Crippen LogP contribution in [-0.4, -0.2) is 62.0 Å². The van der Waals surface area contributed by atoms with Gasteiger partial charge < -0.3 is 14.8 Å². The van der Waals surface area contributed by atoms with Crippen LogP contribution in [0.25, 0.3) is 0 Å². The molecule has 1 N–H and O–H groups in total. The van der Waals surface area contributed by atoms with Crippen molar-refractivity contribution in [3.8, 4) is 0 Å². The fourth-order valence-electron chi connectivity index (χ4n) is 3.66. The average Bonchev–Trinajstić information content (AvgIpc) is 2.96. The Labute approximate surface area is 124 Å². The first-order valence-corrected chi connectivity index (χ1v) is 8.24. The van der Waals surface area contributed by atoms with E-state index >= 15 is 0 Å². The third-order valence-electron chi connectivity index (χ3n) is 5.55. The van der Waals surface area contributed by atoms with Crippen LogP contribution in [0.3, 0.4) is 0 Å². The fraction of sp³-hybridized carbons (Fsp3) is 1.00. The van der Waals surface area contributed by atoms with Crippen molar-refractivity contribution in [1.82, 2.24) is 10.2 Å². The minimum atomic E-state index is -0.0853. The van der Waals surface area contributed by atoms with E-state index in [4.69, 9.17) is 9.47 Å². The van der Waals surface area contributed by atoms with Crippen molar-refractivity contribution < 1.29 is 9.47 Å². The number of nitrogens with one attached hydrogen (secondary N) is 1. The molecule has 2 aliphatic rings. The van der Waals surface area contributed by atoms with Crippen LogP contribution in [0, 0.1) is 0 Å². The van der Waals surface area contributed by atoms with Gasteiger partial charge in [0.25, 0.3) is 0 Å². The highest BCUT2D eigenvalue weighted by molar-refractivity contribution is 4.99. The Morgan fingerprint density at radius 3 is 2.55 bits per heavy atom. The van der Waals surface area contributed by atoms with E-state index in [0.29, 0.717) is 6.04 Å². The summed E-state index contributed by atoms with van der Waals surface area (Å²) in [6.07, 6.45) is 4.59. The second-order valence-electron chi connectivity index (χ2n) is 6.53. The predicted molar refractivity (Wildman–Crippen MR) is 82.1 cm³/mol. The Morgan fingerprint density at radius 1 is 1.30 bits per heavy atom. The molecule has 0 aromatic rings. The van der Waals surface area contributed by atoms with Crippen LogP contribution in [0.5, 0.6) is 0 Å². The second-order valence-corrected chi connectivity index (χ2v) is 6.53. The summed E-state index contributed by atoms with van der Waals surface area (Å²) in [5.41, 5.74) is 0.193. The SMILES string of the molecule is CCC1CNC(CC)(CC)CN1CC1(OC)CCOC1. The van der Waals surface area contributed by atoms with Crippen molar-refractivity contribution in [2.45, 2.75) is 63.6 Å². The molecular formula is C16H32N2O2. The molecule has 0 aliphatic carbocycles. The Balaban J connectivity index is 2.08. The first kappa shape index (κ1) is 16.2. The minimum absolute atomic E-state index is 0.0853. The van der Waals surface area contributed by atoms with Gasteiger partial charge >= 0.3 is 0 Å². The summed E-state index contributed by atoms with van der Waals surface area (Å²) in [5, 5.41) is 3.80. The Bertz CT molecular complexity index is 299. The van der Waals surface area contributed by atoms with E-state index in [1.165, 1.54) is 19.3 Å². The van der Waals surface area contributed by atoms with Crippen molar-refractivity contribution in [3.63, 3.8) is 0 Å². The fourth-order valence-corrected chi connectivity index (χ4v) is 3.66. The average molecular weight is 284 g/mol. The lowest BCUT2D eigenvalue weighted by Gasteiger charge is -2.49. The van der Waals surface area contributed by atoms with Gasteiger partial charge in [-0.1, -0.05) is 20.8 Å². The minimum Gasteiger partial charge on any atom is -0.378 e. The molecule has 118 valence electrons. The zero-order chi connectivity index (χ0) is 14.6. The van der Waals surface area contributed by atoms with Gasteiger partial charge in [0.15, 0.2) is 0 Å². The first-order valence-electron chi connectivity index (χ1n) is 8.24. The largest absolute Gasteiger partial charge is 0.378 e. The van der Waals surface area contributed by atoms with E-state index in [2.05, 4.69) is 31.0 Å². The van der Waals surface area contributed by atoms with Gasteiger partial charge in [-0.3, -0.25) is 4.90 Å². The molecule has 2 heterocycles. The van der Waals surface area contributed by atoms with E-state index in [1.807, 2.05) is 7.11 Å². The van der Waals surface area contributed by atoms with E-state index < -0.39 is 0 Å². The standard InChI is InChI=1S/C16H32N2O2/c1-5-14-10-17-15(6-2,7-3)11-18(14)12-16(19-4)8-9-20-13-16/h14,17H,5-13H2,1-4H3. The van der Waals surface area contributed by atoms with Crippen molar-refractivity contribution >= 4 is 0 Å². The molecule has 0 amide bonds. The van der Waals surface area contributed by atoms with Crippen LogP contribution in [0.2, 0.25) is 0 Å². The van der Waals surface area contributed by atoms with Gasteiger partial charge in [0, 0.05) is 51.4 Å². The number of hydrogen-bond acceptors (Lipinski definition) is 4. The van der Waals surface area contributed by atoms with Gasteiger partial charge in [0.2, 0.25) is 0 Å². The van der Waals surface area contributed by atoms with Crippen molar-refractivity contribution in [1.29, 1.82) is 0 Å². The van der Waals surface area contributed by atoms with E-state index in [-0.39, 0.29) is 11.1 Å². The second kappa shape index (κ2) is 6.73. The van der Waals surface area contributed by atoms with Crippen LogP contribution in [0.4, 0.5) is 0 Å². The lowest BCUT2D eigenvalue weighted by Crippen LogP contribution is -2.65. The van der Waals surface area contributed by atoms with Crippen molar-refractivity contribution in [3.05, 3.63) is 0 Å². The zero-order valence-electron chi connectivity index (χ0n) is 13.7. The van der Waals surface area contributed by atoms with Gasteiger partial charge in [-0.2, -0.15) is 0 Å². The Hall–Kier alpha value is -0.160. The van der Waals surface area contributed by atoms with E-state index in [1.54, 1.807) is 0 Å². The van der Waals surface area contributed by atoms with E-state index in [9.17, 15) is 0 Å². The first-order chi connectivity index (χ1) is 9.62. The molecule has 2 aliphatic heterocycles. The van der Waals surface area contributed by atoms with Crippen LogP contribution in [-0.2, 0) is 9.47 Å². The predicted octanol–water partition coefficient (Wildman–Crippen LogP) is 2.03. The molecule has 0 aromatic heterocycles. The number of methoxy groups -OCH3 is 1. The maximum Gasteiger partial charge on any atom is 0.106 e. The molecule has 2 saturated heterocycles. The summed E-state index contributed by atoms with van der Waals surface area (Å²) in [5.74, 6) is 0. The monoisotopic (exact) mass is 284 g/mol. The van der Waals surface area contributed by atoms with Crippen molar-refractivity contribution in [2.75, 3.05) is 40.0 Å². The molecule has 2 fully saturated rings. The molecule has 4 nitrogen and oxygen atoms in total. The summed E-state index contributed by atoms with van der Waals surface area (Å²) < 4.78 is 11.4. The molecule has 4 heteroatoms. The summed E-state index contributed by atoms with van der Waals surface area (Å²) >= 11 is 0. The lowest BCUT2D eigenvalue weighted by atomic mass is 9.87. The molecule has 2 rings (SSSR count). The molecule has 0 aromatic carbocycles. The van der Waals surface area contributed by atoms with Crippen LogP contribution >= 0.6 is 0 Å².